The van der Waals surface area contributed by atoms with Crippen LogP contribution in [0.2, 0.25) is 0 Å². The summed E-state index contributed by atoms with van der Waals surface area (Å²) < 4.78 is 0. The monoisotopic (exact) mass is 380 g/mol. The van der Waals surface area contributed by atoms with E-state index in [2.05, 4.69) is 20.9 Å². The van der Waals surface area contributed by atoms with Crippen molar-refractivity contribution in [1.82, 2.24) is 4.98 Å². The van der Waals surface area contributed by atoms with Gasteiger partial charge >= 0.3 is 0 Å². The van der Waals surface area contributed by atoms with Crippen LogP contribution in [0, 0.1) is 0 Å². The molecule has 0 saturated heterocycles. The summed E-state index contributed by atoms with van der Waals surface area (Å²) in [6, 6.07) is 28.7. The molecule has 0 radical (unpaired) electrons. The Hall–Kier alpha value is -4.12. The van der Waals surface area contributed by atoms with Gasteiger partial charge in [0.05, 0.1) is 0 Å². The zero-order valence-electron chi connectivity index (χ0n) is 15.7. The molecule has 5 nitrogen and oxygen atoms in total. The summed E-state index contributed by atoms with van der Waals surface area (Å²) in [7, 11) is 0. The Kier molecular flexibility index (Phi) is 5.48. The van der Waals surface area contributed by atoms with Gasteiger partial charge in [-0.15, -0.1) is 0 Å². The molecule has 1 amide bonds. The van der Waals surface area contributed by atoms with E-state index in [1.54, 1.807) is 24.5 Å². The number of carbonyl (C=O) groups is 1. The minimum Gasteiger partial charge on any atom is -0.355 e. The number of nitrogens with one attached hydrogen (secondary N) is 3. The number of carbonyl (C=O) groups excluding carboxylic acids is 1. The standard InChI is InChI=1S/C24H20N4O/c29-24(18-9-11-20(12-10-18)26-21-13-15-25-16-14-21)28-23-8-4-7-22(17-23)27-19-5-2-1-3-6-19/h1-17,27H,(H,25,26)(H,28,29). The summed E-state index contributed by atoms with van der Waals surface area (Å²) in [5.74, 6) is -0.155. The van der Waals surface area contributed by atoms with Gasteiger partial charge in [0.2, 0.25) is 0 Å². The molecule has 0 aliphatic carbocycles. The van der Waals surface area contributed by atoms with Gasteiger partial charge in [-0.1, -0.05) is 24.3 Å². The van der Waals surface area contributed by atoms with Gasteiger partial charge in [-0.25, -0.2) is 0 Å². The lowest BCUT2D eigenvalue weighted by Crippen LogP contribution is -2.11. The van der Waals surface area contributed by atoms with Crippen molar-refractivity contribution in [3.63, 3.8) is 0 Å². The number of rotatable bonds is 6. The van der Waals surface area contributed by atoms with Crippen molar-refractivity contribution in [2.75, 3.05) is 16.0 Å². The van der Waals surface area contributed by atoms with Crippen molar-refractivity contribution in [1.29, 1.82) is 0 Å². The summed E-state index contributed by atoms with van der Waals surface area (Å²) >= 11 is 0. The predicted octanol–water partition coefficient (Wildman–Crippen LogP) is 5.82. The minimum atomic E-state index is -0.155. The second-order valence-electron chi connectivity index (χ2n) is 6.46. The molecule has 4 aromatic rings. The molecular weight excluding hydrogens is 360 g/mol. The lowest BCUT2D eigenvalue weighted by atomic mass is 10.1. The molecule has 3 N–H and O–H groups in total. The summed E-state index contributed by atoms with van der Waals surface area (Å²) in [4.78, 5) is 16.6. The van der Waals surface area contributed by atoms with Crippen LogP contribution in [-0.2, 0) is 0 Å². The van der Waals surface area contributed by atoms with E-state index in [1.165, 1.54) is 0 Å². The zero-order chi connectivity index (χ0) is 19.9. The molecule has 0 spiro atoms. The van der Waals surface area contributed by atoms with Crippen molar-refractivity contribution in [3.8, 4) is 0 Å². The van der Waals surface area contributed by atoms with Crippen LogP contribution >= 0.6 is 0 Å². The predicted molar refractivity (Wildman–Crippen MR) is 118 cm³/mol. The summed E-state index contributed by atoms with van der Waals surface area (Å²) in [6.07, 6.45) is 3.45. The Bertz CT molecular complexity index is 1080. The molecular formula is C24H20N4O. The molecule has 0 aliphatic heterocycles. The first-order chi connectivity index (χ1) is 14.3. The highest BCUT2D eigenvalue weighted by molar-refractivity contribution is 6.04. The molecule has 0 bridgehead atoms. The highest BCUT2D eigenvalue weighted by Gasteiger charge is 2.07. The molecule has 142 valence electrons. The molecule has 0 aliphatic rings. The van der Waals surface area contributed by atoms with Crippen LogP contribution in [0.25, 0.3) is 0 Å². The van der Waals surface area contributed by atoms with Crippen LogP contribution in [-0.4, -0.2) is 10.9 Å². The number of aromatic nitrogens is 1. The van der Waals surface area contributed by atoms with Crippen LogP contribution < -0.4 is 16.0 Å². The average Bonchev–Trinajstić information content (AvgIpc) is 2.76. The number of amides is 1. The Morgan fingerprint density at radius 1 is 0.586 bits per heavy atom. The van der Waals surface area contributed by atoms with Gasteiger partial charge in [-0.2, -0.15) is 0 Å². The van der Waals surface area contributed by atoms with Crippen molar-refractivity contribution in [2.45, 2.75) is 0 Å². The third-order valence-electron chi connectivity index (χ3n) is 4.30. The van der Waals surface area contributed by atoms with Gasteiger partial charge < -0.3 is 16.0 Å². The second-order valence-corrected chi connectivity index (χ2v) is 6.46. The number of pyridine rings is 1. The normalized spacial score (nSPS) is 10.2. The van der Waals surface area contributed by atoms with E-state index in [1.807, 2.05) is 78.9 Å². The van der Waals surface area contributed by atoms with Crippen LogP contribution in [0.1, 0.15) is 10.4 Å². The number of hydrogen-bond donors (Lipinski definition) is 3. The quantitative estimate of drug-likeness (QED) is 0.394. The van der Waals surface area contributed by atoms with E-state index in [-0.39, 0.29) is 5.91 Å². The highest BCUT2D eigenvalue weighted by Crippen LogP contribution is 2.21. The maximum absolute atomic E-state index is 12.6. The average molecular weight is 380 g/mol. The van der Waals surface area contributed by atoms with Gasteiger partial charge in [0.15, 0.2) is 0 Å². The SMILES string of the molecule is O=C(Nc1cccc(Nc2ccccc2)c1)c1ccc(Nc2ccncc2)cc1. The number of para-hydroxylation sites is 1. The first-order valence-corrected chi connectivity index (χ1v) is 9.27. The van der Waals surface area contributed by atoms with Crippen molar-refractivity contribution < 1.29 is 4.79 Å². The Morgan fingerprint density at radius 3 is 1.93 bits per heavy atom. The molecule has 0 fully saturated rings. The van der Waals surface area contributed by atoms with Gasteiger partial charge in [-0.05, 0) is 66.7 Å². The van der Waals surface area contributed by atoms with Gasteiger partial charge in [0, 0.05) is 46.4 Å². The molecule has 1 heterocycles. The van der Waals surface area contributed by atoms with E-state index < -0.39 is 0 Å². The number of nitrogens with zero attached hydrogens (tertiary/aromatic N) is 1. The number of hydrogen-bond acceptors (Lipinski definition) is 4. The maximum atomic E-state index is 12.6. The summed E-state index contributed by atoms with van der Waals surface area (Å²) in [5.41, 5.74) is 5.07. The first-order valence-electron chi connectivity index (χ1n) is 9.27. The smallest absolute Gasteiger partial charge is 0.255 e. The third kappa shape index (κ3) is 4.99. The second kappa shape index (κ2) is 8.71. The molecule has 0 saturated carbocycles. The molecule has 0 atom stereocenters. The van der Waals surface area contributed by atoms with E-state index >= 15 is 0 Å². The zero-order valence-corrected chi connectivity index (χ0v) is 15.7. The molecule has 1 aromatic heterocycles. The van der Waals surface area contributed by atoms with Crippen molar-refractivity contribution in [3.05, 3.63) is 109 Å². The van der Waals surface area contributed by atoms with Crippen LogP contribution in [0.3, 0.4) is 0 Å². The Balaban J connectivity index is 1.40. The third-order valence-corrected chi connectivity index (χ3v) is 4.30. The van der Waals surface area contributed by atoms with Crippen LogP contribution in [0.5, 0.6) is 0 Å². The lowest BCUT2D eigenvalue weighted by molar-refractivity contribution is 0.102. The first kappa shape index (κ1) is 18.3. The molecule has 3 aromatic carbocycles. The fourth-order valence-corrected chi connectivity index (χ4v) is 2.87. The fourth-order valence-electron chi connectivity index (χ4n) is 2.87. The van der Waals surface area contributed by atoms with Crippen LogP contribution in [0.4, 0.5) is 28.4 Å². The number of benzene rings is 3. The highest BCUT2D eigenvalue weighted by atomic mass is 16.1. The van der Waals surface area contributed by atoms with E-state index in [4.69, 9.17) is 0 Å². The molecule has 4 rings (SSSR count). The van der Waals surface area contributed by atoms with Crippen LogP contribution in [0.15, 0.2) is 103 Å². The Morgan fingerprint density at radius 2 is 1.17 bits per heavy atom. The fraction of sp³-hybridized carbons (Fsp3) is 0. The Labute approximate surface area is 169 Å². The largest absolute Gasteiger partial charge is 0.355 e. The maximum Gasteiger partial charge on any atom is 0.255 e. The van der Waals surface area contributed by atoms with E-state index in [9.17, 15) is 4.79 Å². The lowest BCUT2D eigenvalue weighted by Gasteiger charge is -2.10. The molecule has 5 heteroatoms. The summed E-state index contributed by atoms with van der Waals surface area (Å²) in [6.45, 7) is 0. The minimum absolute atomic E-state index is 0.155. The van der Waals surface area contributed by atoms with Gasteiger partial charge in [0.1, 0.15) is 0 Å². The van der Waals surface area contributed by atoms with Gasteiger partial charge in [0.25, 0.3) is 5.91 Å². The molecule has 0 unspecified atom stereocenters. The topological polar surface area (TPSA) is 66.1 Å². The van der Waals surface area contributed by atoms with E-state index in [0.29, 0.717) is 5.56 Å². The number of anilines is 5. The van der Waals surface area contributed by atoms with E-state index in [0.717, 1.165) is 28.4 Å². The summed E-state index contributed by atoms with van der Waals surface area (Å²) in [5, 5.41) is 9.54. The molecule has 29 heavy (non-hydrogen) atoms. The van der Waals surface area contributed by atoms with Gasteiger partial charge in [-0.3, -0.25) is 9.78 Å². The van der Waals surface area contributed by atoms with Crippen molar-refractivity contribution in [2.24, 2.45) is 0 Å². The van der Waals surface area contributed by atoms with Crippen molar-refractivity contribution >= 4 is 34.3 Å².